The van der Waals surface area contributed by atoms with Gasteiger partial charge in [-0.2, -0.15) is 0 Å². The zero-order valence-electron chi connectivity index (χ0n) is 20.3. The first-order chi connectivity index (χ1) is 17.0. The standard InChI is InChI=1S/C26H31NO9/c1-13(9-16(29)11-17(30)23(31)32)24(33)35-18-5-6-26(34)19-10-14-3-4-15(12-28)21-20(14)25(26,22(18)36-21)7-8-27(19)2/h3-5,13,17,19,22,28,30,34H,6-12H2,1-2H3,(H,31,32)/t13-,17+,19-,22?,25?,26-/m1/s1. The number of aliphatic hydroxyl groups excluding tert-OH is 2. The lowest BCUT2D eigenvalue weighted by molar-refractivity contribution is -0.170. The van der Waals surface area contributed by atoms with Crippen molar-refractivity contribution >= 4 is 17.7 Å². The lowest BCUT2D eigenvalue weighted by atomic mass is 9.50. The van der Waals surface area contributed by atoms with Crippen LogP contribution in [0, 0.1) is 5.92 Å². The topological polar surface area (TPSA) is 154 Å². The highest BCUT2D eigenvalue weighted by molar-refractivity contribution is 5.88. The maximum absolute atomic E-state index is 13.0. The molecule has 5 rings (SSSR count). The predicted octanol–water partition coefficient (Wildman–Crippen LogP) is 0.431. The first-order valence-corrected chi connectivity index (χ1v) is 12.2. The van der Waals surface area contributed by atoms with Gasteiger partial charge in [0.25, 0.3) is 0 Å². The van der Waals surface area contributed by atoms with Crippen LogP contribution in [-0.2, 0) is 37.6 Å². The van der Waals surface area contributed by atoms with Crippen LogP contribution < -0.4 is 4.74 Å². The SMILES string of the molecule is C[C@H](CC(=O)C[C@H](O)C(=O)O)C(=O)OC1=CC[C@@]2(O)[C@H]3Cc4ccc(CO)c5c4C2(CCN3C)C1O5. The number of benzene rings is 1. The smallest absolute Gasteiger partial charge is 0.332 e. The van der Waals surface area contributed by atoms with Crippen molar-refractivity contribution in [1.29, 1.82) is 0 Å². The number of aliphatic carboxylic acids is 1. The molecule has 0 saturated carbocycles. The van der Waals surface area contributed by atoms with E-state index in [0.717, 1.165) is 11.1 Å². The van der Waals surface area contributed by atoms with E-state index < -0.39 is 53.3 Å². The molecule has 1 saturated heterocycles. The number of carbonyl (C=O) groups excluding carboxylic acids is 2. The van der Waals surface area contributed by atoms with E-state index in [-0.39, 0.29) is 31.2 Å². The van der Waals surface area contributed by atoms with Gasteiger partial charge in [0.15, 0.2) is 12.2 Å². The van der Waals surface area contributed by atoms with Crippen LogP contribution in [0.1, 0.15) is 49.3 Å². The van der Waals surface area contributed by atoms with E-state index in [4.69, 9.17) is 14.6 Å². The molecule has 10 heteroatoms. The van der Waals surface area contributed by atoms with Gasteiger partial charge in [-0.05, 0) is 38.1 Å². The van der Waals surface area contributed by atoms with Crippen molar-refractivity contribution in [2.75, 3.05) is 13.6 Å². The zero-order chi connectivity index (χ0) is 26.0. The minimum atomic E-state index is -1.82. The van der Waals surface area contributed by atoms with Gasteiger partial charge >= 0.3 is 11.9 Å². The number of nitrogens with zero attached hydrogens (tertiary/aromatic N) is 1. The summed E-state index contributed by atoms with van der Waals surface area (Å²) in [6, 6.07) is 3.66. The number of carboxylic acid groups (broad SMARTS) is 1. The quantitative estimate of drug-likeness (QED) is 0.369. The molecule has 0 amide bonds. The number of esters is 1. The number of Topliss-reactive ketones (excluding diaryl/α,β-unsaturated/α-hetero) is 1. The molecule has 10 nitrogen and oxygen atoms in total. The predicted molar refractivity (Wildman–Crippen MR) is 124 cm³/mol. The Balaban J connectivity index is 1.44. The second kappa shape index (κ2) is 8.65. The molecular weight excluding hydrogens is 470 g/mol. The number of carboxylic acids is 1. The first-order valence-electron chi connectivity index (χ1n) is 12.2. The second-order valence-corrected chi connectivity index (χ2v) is 10.5. The Morgan fingerprint density at radius 3 is 2.72 bits per heavy atom. The lowest BCUT2D eigenvalue weighted by Gasteiger charge is -2.61. The van der Waals surface area contributed by atoms with Crippen LogP contribution in [0.3, 0.4) is 0 Å². The van der Waals surface area contributed by atoms with Crippen LogP contribution in [0.15, 0.2) is 24.0 Å². The summed E-state index contributed by atoms with van der Waals surface area (Å²) in [5, 5.41) is 40.3. The van der Waals surface area contributed by atoms with E-state index in [1.807, 2.05) is 19.2 Å². The van der Waals surface area contributed by atoms with Crippen molar-refractivity contribution in [1.82, 2.24) is 4.90 Å². The summed E-state index contributed by atoms with van der Waals surface area (Å²) >= 11 is 0. The summed E-state index contributed by atoms with van der Waals surface area (Å²) < 4.78 is 12.2. The molecule has 6 atom stereocenters. The van der Waals surface area contributed by atoms with Crippen LogP contribution >= 0.6 is 0 Å². The summed E-state index contributed by atoms with van der Waals surface area (Å²) in [5.41, 5.74) is 0.557. The van der Waals surface area contributed by atoms with E-state index in [1.54, 1.807) is 6.08 Å². The average molecular weight is 502 g/mol. The molecule has 2 aliphatic heterocycles. The largest absolute Gasteiger partial charge is 0.481 e. The van der Waals surface area contributed by atoms with E-state index >= 15 is 0 Å². The molecule has 4 N–H and O–H groups in total. The highest BCUT2D eigenvalue weighted by atomic mass is 16.6. The van der Waals surface area contributed by atoms with Crippen LogP contribution in [0.2, 0.25) is 0 Å². The number of carbonyl (C=O) groups is 3. The molecule has 2 unspecified atom stereocenters. The molecule has 1 aromatic carbocycles. The monoisotopic (exact) mass is 501 g/mol. The molecule has 1 spiro atoms. The molecular formula is C26H31NO9. The highest BCUT2D eigenvalue weighted by Gasteiger charge is 2.71. The Bertz CT molecular complexity index is 1160. The molecule has 0 radical (unpaired) electrons. The summed E-state index contributed by atoms with van der Waals surface area (Å²) in [5.74, 6) is -2.81. The van der Waals surface area contributed by atoms with E-state index in [0.29, 0.717) is 30.7 Å². The average Bonchev–Trinajstić information content (AvgIpc) is 3.18. The molecule has 194 valence electrons. The van der Waals surface area contributed by atoms with Gasteiger partial charge < -0.3 is 34.8 Å². The van der Waals surface area contributed by atoms with Crippen LogP contribution in [0.4, 0.5) is 0 Å². The number of ketones is 1. The van der Waals surface area contributed by atoms with Gasteiger partial charge in [-0.15, -0.1) is 0 Å². The van der Waals surface area contributed by atoms with Crippen molar-refractivity contribution in [3.8, 4) is 5.75 Å². The molecule has 4 aliphatic rings. The van der Waals surface area contributed by atoms with Gasteiger partial charge in [0.2, 0.25) is 0 Å². The van der Waals surface area contributed by atoms with Crippen molar-refractivity contribution in [2.24, 2.45) is 5.92 Å². The fraction of sp³-hybridized carbons (Fsp3) is 0.577. The number of rotatable bonds is 8. The lowest BCUT2D eigenvalue weighted by Crippen LogP contribution is -2.74. The molecule has 2 bridgehead atoms. The second-order valence-electron chi connectivity index (χ2n) is 10.5. The van der Waals surface area contributed by atoms with Gasteiger partial charge in [-0.25, -0.2) is 4.79 Å². The van der Waals surface area contributed by atoms with Crippen molar-refractivity contribution in [2.45, 2.75) is 74.9 Å². The van der Waals surface area contributed by atoms with Crippen molar-refractivity contribution < 1.29 is 44.3 Å². The van der Waals surface area contributed by atoms with Gasteiger partial charge in [0.05, 0.1) is 23.5 Å². The van der Waals surface area contributed by atoms with Crippen LogP contribution in [-0.4, -0.2) is 80.5 Å². The number of piperidine rings is 1. The molecule has 2 heterocycles. The van der Waals surface area contributed by atoms with Gasteiger partial charge in [0.1, 0.15) is 17.3 Å². The van der Waals surface area contributed by atoms with Crippen LogP contribution in [0.25, 0.3) is 0 Å². The molecule has 0 aromatic heterocycles. The number of hydrogen-bond acceptors (Lipinski definition) is 9. The van der Waals surface area contributed by atoms with E-state index in [1.165, 1.54) is 6.92 Å². The third-order valence-electron chi connectivity index (χ3n) is 8.49. The summed E-state index contributed by atoms with van der Waals surface area (Å²) in [6.45, 7) is 1.99. The maximum atomic E-state index is 13.0. The van der Waals surface area contributed by atoms with Crippen LogP contribution in [0.5, 0.6) is 5.75 Å². The summed E-state index contributed by atoms with van der Waals surface area (Å²) in [7, 11) is 1.99. The summed E-state index contributed by atoms with van der Waals surface area (Å²) in [4.78, 5) is 38.0. The van der Waals surface area contributed by atoms with Gasteiger partial charge in [-0.3, -0.25) is 9.59 Å². The van der Waals surface area contributed by atoms with E-state index in [9.17, 15) is 29.7 Å². The normalized spacial score (nSPS) is 31.5. The first kappa shape index (κ1) is 24.9. The van der Waals surface area contributed by atoms with Gasteiger partial charge in [-0.1, -0.05) is 19.1 Å². The number of hydrogen-bond donors (Lipinski definition) is 4. The number of likely N-dealkylation sites (N-methyl/N-ethyl adjacent to an activating group) is 1. The number of likely N-dealkylation sites (tertiary alicyclic amines) is 1. The molecule has 36 heavy (non-hydrogen) atoms. The fourth-order valence-corrected chi connectivity index (χ4v) is 6.66. The Morgan fingerprint density at radius 2 is 2.03 bits per heavy atom. The molecule has 1 aromatic rings. The third kappa shape index (κ3) is 3.42. The Labute approximate surface area is 208 Å². The molecule has 1 fully saturated rings. The minimum Gasteiger partial charge on any atom is -0.481 e. The minimum absolute atomic E-state index is 0.151. The highest BCUT2D eigenvalue weighted by Crippen LogP contribution is 2.64. The zero-order valence-corrected chi connectivity index (χ0v) is 20.3. The van der Waals surface area contributed by atoms with Crippen molar-refractivity contribution in [3.05, 3.63) is 40.7 Å². The van der Waals surface area contributed by atoms with Crippen molar-refractivity contribution in [3.63, 3.8) is 0 Å². The summed E-state index contributed by atoms with van der Waals surface area (Å²) in [6.07, 6.45) is -0.291. The number of ether oxygens (including phenoxy) is 2. The third-order valence-corrected chi connectivity index (χ3v) is 8.49. The number of aliphatic hydroxyl groups is 3. The Hall–Kier alpha value is -2.79. The molecule has 2 aliphatic carbocycles. The maximum Gasteiger partial charge on any atom is 0.332 e. The fourth-order valence-electron chi connectivity index (χ4n) is 6.66. The Kier molecular flexibility index (Phi) is 5.98. The van der Waals surface area contributed by atoms with E-state index in [2.05, 4.69) is 4.90 Å². The Morgan fingerprint density at radius 1 is 1.28 bits per heavy atom. The van der Waals surface area contributed by atoms with Gasteiger partial charge in [0, 0.05) is 36.4 Å².